The number of furan rings is 1. The first-order valence-corrected chi connectivity index (χ1v) is 10.8. The van der Waals surface area contributed by atoms with Crippen LogP contribution < -0.4 is 18.9 Å². The fraction of sp³-hybridized carbons (Fsp3) is 0.346. The number of aryl methyl sites for hydroxylation is 2. The number of benzene rings is 2. The third-order valence-electron chi connectivity index (χ3n) is 6.00. The van der Waals surface area contributed by atoms with Crippen LogP contribution in [-0.2, 0) is 6.42 Å². The van der Waals surface area contributed by atoms with Crippen LogP contribution in [-0.4, -0.2) is 45.3 Å². The molecule has 0 fully saturated rings. The number of methoxy groups -OCH3 is 3. The molecule has 4 rings (SSSR count). The van der Waals surface area contributed by atoms with Gasteiger partial charge in [0.2, 0.25) is 0 Å². The Morgan fingerprint density at radius 2 is 1.64 bits per heavy atom. The highest BCUT2D eigenvalue weighted by Crippen LogP contribution is 2.39. The first-order valence-electron chi connectivity index (χ1n) is 10.8. The van der Waals surface area contributed by atoms with Crippen LogP contribution in [0.1, 0.15) is 39.0 Å². The van der Waals surface area contributed by atoms with Crippen molar-refractivity contribution in [3.63, 3.8) is 0 Å². The molecule has 0 saturated heterocycles. The monoisotopic (exact) mass is 451 g/mol. The maximum atomic E-state index is 13.6. The van der Waals surface area contributed by atoms with Crippen LogP contribution in [0.2, 0.25) is 0 Å². The summed E-state index contributed by atoms with van der Waals surface area (Å²) in [7, 11) is 4.85. The number of amides is 1. The predicted octanol–water partition coefficient (Wildman–Crippen LogP) is 4.74. The summed E-state index contributed by atoms with van der Waals surface area (Å²) in [6, 6.07) is 12.8. The molecule has 0 N–H and O–H groups in total. The topological polar surface area (TPSA) is 70.4 Å². The van der Waals surface area contributed by atoms with Gasteiger partial charge in [0, 0.05) is 6.54 Å². The Kier molecular flexibility index (Phi) is 6.49. The molecule has 2 heterocycles. The minimum atomic E-state index is -0.308. The van der Waals surface area contributed by atoms with Crippen LogP contribution >= 0.6 is 0 Å². The lowest BCUT2D eigenvalue weighted by molar-refractivity contribution is 0.0587. The van der Waals surface area contributed by atoms with Crippen LogP contribution in [0.25, 0.3) is 0 Å². The fourth-order valence-electron chi connectivity index (χ4n) is 4.30. The molecule has 0 radical (unpaired) electrons. The van der Waals surface area contributed by atoms with E-state index in [4.69, 9.17) is 23.4 Å². The zero-order chi connectivity index (χ0) is 23.5. The van der Waals surface area contributed by atoms with E-state index in [0.717, 1.165) is 16.9 Å². The average molecular weight is 452 g/mol. The van der Waals surface area contributed by atoms with Gasteiger partial charge in [-0.3, -0.25) is 4.79 Å². The summed E-state index contributed by atoms with van der Waals surface area (Å²) in [6.07, 6.45) is 0.705. The Hall–Kier alpha value is -3.61. The van der Waals surface area contributed by atoms with Gasteiger partial charge in [-0.2, -0.15) is 0 Å². The quantitative estimate of drug-likeness (QED) is 0.517. The van der Waals surface area contributed by atoms with Gasteiger partial charge < -0.3 is 28.3 Å². The van der Waals surface area contributed by atoms with Gasteiger partial charge in [0.15, 0.2) is 11.5 Å². The van der Waals surface area contributed by atoms with Gasteiger partial charge in [-0.25, -0.2) is 0 Å². The molecule has 0 aliphatic carbocycles. The fourth-order valence-corrected chi connectivity index (χ4v) is 4.30. The minimum Gasteiger partial charge on any atom is -0.497 e. The zero-order valence-electron chi connectivity index (χ0n) is 19.6. The van der Waals surface area contributed by atoms with Crippen molar-refractivity contribution >= 4 is 5.91 Å². The summed E-state index contributed by atoms with van der Waals surface area (Å²) < 4.78 is 28.0. The molecule has 1 amide bonds. The highest BCUT2D eigenvalue weighted by Gasteiger charge is 2.34. The standard InChI is InChI=1S/C26H29NO6/c1-16-12-21(17(2)33-16)26(28)27-11-10-18-13-24(30-4)25(31-5)14-22(18)23(27)15-32-20-8-6-19(29-3)7-9-20/h6-9,12-14,23H,10-11,15H2,1-5H3. The van der Waals surface area contributed by atoms with Gasteiger partial charge in [0.25, 0.3) is 5.91 Å². The van der Waals surface area contributed by atoms with Crippen LogP contribution in [0, 0.1) is 13.8 Å². The van der Waals surface area contributed by atoms with E-state index >= 15 is 0 Å². The molecule has 1 atom stereocenters. The van der Waals surface area contributed by atoms with Crippen molar-refractivity contribution in [1.82, 2.24) is 4.90 Å². The van der Waals surface area contributed by atoms with E-state index in [9.17, 15) is 4.79 Å². The van der Waals surface area contributed by atoms with Crippen LogP contribution in [0.4, 0.5) is 0 Å². The van der Waals surface area contributed by atoms with Crippen molar-refractivity contribution in [3.8, 4) is 23.0 Å². The van der Waals surface area contributed by atoms with E-state index < -0.39 is 0 Å². The van der Waals surface area contributed by atoms with Gasteiger partial charge in [-0.05, 0) is 73.9 Å². The summed E-state index contributed by atoms with van der Waals surface area (Å²) in [5.74, 6) is 4.00. The number of rotatable bonds is 7. The van der Waals surface area contributed by atoms with E-state index in [1.54, 1.807) is 27.4 Å². The Morgan fingerprint density at radius 1 is 0.970 bits per heavy atom. The maximum Gasteiger partial charge on any atom is 0.258 e. The van der Waals surface area contributed by atoms with Crippen molar-refractivity contribution in [2.75, 3.05) is 34.5 Å². The number of carbonyl (C=O) groups is 1. The number of nitrogens with zero attached hydrogens (tertiary/aromatic N) is 1. The summed E-state index contributed by atoms with van der Waals surface area (Å²) in [6.45, 7) is 4.50. The van der Waals surface area contributed by atoms with Crippen molar-refractivity contribution in [2.45, 2.75) is 26.3 Å². The van der Waals surface area contributed by atoms with Crippen molar-refractivity contribution < 1.29 is 28.2 Å². The number of fused-ring (bicyclic) bond motifs is 1. The maximum absolute atomic E-state index is 13.6. The van der Waals surface area contributed by atoms with Gasteiger partial charge in [0.05, 0.1) is 32.9 Å². The first kappa shape index (κ1) is 22.6. The molecular formula is C26H29NO6. The molecule has 1 aliphatic rings. The van der Waals surface area contributed by atoms with Crippen LogP contribution in [0.3, 0.4) is 0 Å². The number of carbonyl (C=O) groups excluding carboxylic acids is 1. The molecule has 7 heteroatoms. The third-order valence-corrected chi connectivity index (χ3v) is 6.00. The van der Waals surface area contributed by atoms with Crippen molar-refractivity contribution in [2.24, 2.45) is 0 Å². The molecule has 0 spiro atoms. The number of ether oxygens (including phenoxy) is 4. The second-order valence-electron chi connectivity index (χ2n) is 7.98. The summed E-state index contributed by atoms with van der Waals surface area (Å²) in [4.78, 5) is 15.4. The molecule has 2 aromatic carbocycles. The van der Waals surface area contributed by atoms with E-state index in [0.29, 0.717) is 47.3 Å². The lowest BCUT2D eigenvalue weighted by Gasteiger charge is -2.37. The van der Waals surface area contributed by atoms with Gasteiger partial charge in [0.1, 0.15) is 29.6 Å². The Morgan fingerprint density at radius 3 is 2.24 bits per heavy atom. The lowest BCUT2D eigenvalue weighted by Crippen LogP contribution is -2.42. The van der Waals surface area contributed by atoms with Crippen molar-refractivity contribution in [1.29, 1.82) is 0 Å². The second kappa shape index (κ2) is 9.48. The molecule has 33 heavy (non-hydrogen) atoms. The molecule has 174 valence electrons. The normalized spacial score (nSPS) is 15.1. The minimum absolute atomic E-state index is 0.0758. The van der Waals surface area contributed by atoms with E-state index in [1.807, 2.05) is 55.1 Å². The van der Waals surface area contributed by atoms with Gasteiger partial charge in [-0.15, -0.1) is 0 Å². The Bertz CT molecular complexity index is 1130. The van der Waals surface area contributed by atoms with Crippen molar-refractivity contribution in [3.05, 3.63) is 70.7 Å². The summed E-state index contributed by atoms with van der Waals surface area (Å²) in [5, 5.41) is 0. The van der Waals surface area contributed by atoms with E-state index in [2.05, 4.69) is 0 Å². The molecule has 1 aromatic heterocycles. The summed E-state index contributed by atoms with van der Waals surface area (Å²) >= 11 is 0. The molecule has 1 aliphatic heterocycles. The van der Waals surface area contributed by atoms with E-state index in [-0.39, 0.29) is 18.6 Å². The summed E-state index contributed by atoms with van der Waals surface area (Å²) in [5.41, 5.74) is 2.67. The second-order valence-corrected chi connectivity index (χ2v) is 7.98. The molecule has 0 saturated carbocycles. The number of hydrogen-bond acceptors (Lipinski definition) is 6. The molecule has 3 aromatic rings. The zero-order valence-corrected chi connectivity index (χ0v) is 19.6. The largest absolute Gasteiger partial charge is 0.497 e. The van der Waals surface area contributed by atoms with Crippen LogP contribution in [0.5, 0.6) is 23.0 Å². The SMILES string of the molecule is COc1ccc(OCC2c3cc(OC)c(OC)cc3CCN2C(=O)c2cc(C)oc2C)cc1. The predicted molar refractivity (Wildman–Crippen MR) is 124 cm³/mol. The molecule has 7 nitrogen and oxygen atoms in total. The van der Waals surface area contributed by atoms with E-state index in [1.165, 1.54) is 0 Å². The van der Waals surface area contributed by atoms with Gasteiger partial charge >= 0.3 is 0 Å². The third kappa shape index (κ3) is 4.49. The average Bonchev–Trinajstić information content (AvgIpc) is 3.18. The molecule has 1 unspecified atom stereocenters. The van der Waals surface area contributed by atoms with Gasteiger partial charge in [-0.1, -0.05) is 0 Å². The molecular weight excluding hydrogens is 422 g/mol. The molecule has 0 bridgehead atoms. The Labute approximate surface area is 193 Å². The smallest absolute Gasteiger partial charge is 0.258 e. The lowest BCUT2D eigenvalue weighted by atomic mass is 9.91. The first-order chi connectivity index (χ1) is 15.9. The Balaban J connectivity index is 1.69. The highest BCUT2D eigenvalue weighted by molar-refractivity contribution is 5.95. The number of hydrogen-bond donors (Lipinski definition) is 0. The highest BCUT2D eigenvalue weighted by atomic mass is 16.5. The van der Waals surface area contributed by atoms with Crippen LogP contribution in [0.15, 0.2) is 46.9 Å².